The number of alkyl carbamates (subject to hydrolysis) is 1. The molecule has 8 heteroatoms. The third-order valence-electron chi connectivity index (χ3n) is 5.31. The lowest BCUT2D eigenvalue weighted by Crippen LogP contribution is -2.55. The van der Waals surface area contributed by atoms with E-state index in [1.165, 1.54) is 0 Å². The monoisotopic (exact) mass is 490 g/mol. The third kappa shape index (κ3) is 7.15. The second kappa shape index (κ2) is 11.5. The van der Waals surface area contributed by atoms with Crippen LogP contribution in [0.3, 0.4) is 0 Å². The summed E-state index contributed by atoms with van der Waals surface area (Å²) >= 11 is 0. The molecule has 3 rings (SSSR count). The van der Waals surface area contributed by atoms with Crippen LogP contribution in [0.2, 0.25) is 0 Å². The molecular weight excluding hydrogens is 460 g/mol. The number of carbonyl (C=O) groups excluding carboxylic acids is 4. The third-order valence-corrected chi connectivity index (χ3v) is 5.31. The Bertz CT molecular complexity index is 1250. The van der Waals surface area contributed by atoms with Gasteiger partial charge in [-0.1, -0.05) is 66.7 Å². The summed E-state index contributed by atoms with van der Waals surface area (Å²) in [5, 5.41) is 6.76. The highest BCUT2D eigenvalue weighted by Gasteiger charge is 2.34. The van der Waals surface area contributed by atoms with Crippen LogP contribution >= 0.6 is 0 Å². The van der Waals surface area contributed by atoms with Crippen LogP contribution in [0.5, 0.6) is 0 Å². The zero-order chi connectivity index (χ0) is 26.3. The number of fused-ring (bicyclic) bond motifs is 1. The highest BCUT2D eigenvalue weighted by atomic mass is 16.6. The van der Waals surface area contributed by atoms with E-state index in [9.17, 15) is 19.2 Å². The van der Waals surface area contributed by atoms with E-state index in [1.54, 1.807) is 63.2 Å². The van der Waals surface area contributed by atoms with E-state index < -0.39 is 41.4 Å². The van der Waals surface area contributed by atoms with Crippen LogP contribution in [-0.4, -0.2) is 48.5 Å². The summed E-state index contributed by atoms with van der Waals surface area (Å²) in [5.41, 5.74) is 0.228. The van der Waals surface area contributed by atoms with Gasteiger partial charge in [0.15, 0.2) is 11.8 Å². The van der Waals surface area contributed by atoms with Gasteiger partial charge in [-0.3, -0.25) is 9.59 Å². The van der Waals surface area contributed by atoms with Gasteiger partial charge in [0.1, 0.15) is 11.6 Å². The highest BCUT2D eigenvalue weighted by molar-refractivity contribution is 6.15. The number of ether oxygens (including phenoxy) is 2. The van der Waals surface area contributed by atoms with E-state index in [2.05, 4.69) is 10.6 Å². The number of hydrogen-bond acceptors (Lipinski definition) is 6. The molecule has 0 aliphatic carbocycles. The molecule has 0 fully saturated rings. The molecule has 0 saturated heterocycles. The fourth-order valence-corrected chi connectivity index (χ4v) is 3.61. The Balaban J connectivity index is 1.85. The number of esters is 1. The Kier molecular flexibility index (Phi) is 8.42. The number of benzene rings is 3. The number of nitrogens with one attached hydrogen (secondary N) is 2. The lowest BCUT2D eigenvalue weighted by Gasteiger charge is -2.24. The molecule has 0 aliphatic heterocycles. The van der Waals surface area contributed by atoms with Gasteiger partial charge in [-0.25, -0.2) is 9.59 Å². The van der Waals surface area contributed by atoms with Crippen LogP contribution in [0.15, 0.2) is 72.8 Å². The van der Waals surface area contributed by atoms with E-state index in [0.29, 0.717) is 0 Å². The van der Waals surface area contributed by atoms with Crippen LogP contribution in [0.1, 0.15) is 36.7 Å². The predicted octanol–water partition coefficient (Wildman–Crippen LogP) is 3.82. The summed E-state index contributed by atoms with van der Waals surface area (Å²) in [7, 11) is 1.13. The molecule has 0 radical (unpaired) electrons. The van der Waals surface area contributed by atoms with Crippen molar-refractivity contribution in [2.24, 2.45) is 0 Å². The number of ketones is 1. The molecule has 36 heavy (non-hydrogen) atoms. The van der Waals surface area contributed by atoms with Gasteiger partial charge < -0.3 is 20.1 Å². The predicted molar refractivity (Wildman–Crippen MR) is 136 cm³/mol. The molecule has 0 bridgehead atoms. The Morgan fingerprint density at radius 1 is 0.833 bits per heavy atom. The van der Waals surface area contributed by atoms with E-state index in [0.717, 1.165) is 23.4 Å². The van der Waals surface area contributed by atoms with Crippen molar-refractivity contribution in [3.8, 4) is 0 Å². The first-order valence-electron chi connectivity index (χ1n) is 11.5. The first kappa shape index (κ1) is 26.4. The van der Waals surface area contributed by atoms with Crippen molar-refractivity contribution in [3.05, 3.63) is 83.9 Å². The van der Waals surface area contributed by atoms with E-state index in [-0.39, 0.29) is 12.0 Å². The zero-order valence-electron chi connectivity index (χ0n) is 20.7. The largest absolute Gasteiger partial charge is 0.467 e. The molecule has 0 spiro atoms. The minimum atomic E-state index is -1.60. The number of methoxy groups -OCH3 is 1. The number of rotatable bonds is 8. The van der Waals surface area contributed by atoms with Crippen molar-refractivity contribution in [1.82, 2.24) is 10.6 Å². The fraction of sp³-hybridized carbons (Fsp3) is 0.286. The van der Waals surface area contributed by atoms with Crippen LogP contribution in [-0.2, 0) is 25.5 Å². The van der Waals surface area contributed by atoms with Crippen LogP contribution < -0.4 is 10.6 Å². The van der Waals surface area contributed by atoms with E-state index >= 15 is 0 Å². The van der Waals surface area contributed by atoms with Crippen molar-refractivity contribution in [2.75, 3.05) is 7.11 Å². The zero-order valence-corrected chi connectivity index (χ0v) is 20.7. The van der Waals surface area contributed by atoms with E-state index in [1.807, 2.05) is 30.3 Å². The number of carbonyl (C=O) groups is 4. The molecule has 2 N–H and O–H groups in total. The Morgan fingerprint density at radius 2 is 1.47 bits per heavy atom. The average Bonchev–Trinajstić information content (AvgIpc) is 2.85. The lowest BCUT2D eigenvalue weighted by molar-refractivity contribution is -0.143. The molecule has 0 heterocycles. The van der Waals surface area contributed by atoms with Gasteiger partial charge in [-0.05, 0) is 43.2 Å². The summed E-state index contributed by atoms with van der Waals surface area (Å²) in [6.45, 7) is 5.11. The average molecular weight is 491 g/mol. The van der Waals surface area contributed by atoms with Gasteiger partial charge in [-0.2, -0.15) is 0 Å². The standard InChI is InChI=1S/C28H30N2O6/c1-28(2,3)36-27(34)29-22(16-18-10-6-5-7-11-18)25(32)30-23(26(33)35-4)24(31)21-15-14-19-12-8-9-13-20(19)17-21/h5-15,17,22-23H,16H2,1-4H3,(H,29,34)(H,30,32)/t22-,23?/m0/s1. The van der Waals surface area contributed by atoms with Crippen molar-refractivity contribution in [1.29, 1.82) is 0 Å². The first-order chi connectivity index (χ1) is 17.1. The molecule has 2 amide bonds. The topological polar surface area (TPSA) is 111 Å². The molecule has 2 atom stereocenters. The maximum atomic E-state index is 13.3. The van der Waals surface area contributed by atoms with Crippen molar-refractivity contribution >= 4 is 34.5 Å². The quantitative estimate of drug-likeness (QED) is 0.282. The molecule has 188 valence electrons. The molecule has 0 saturated carbocycles. The van der Waals surface area contributed by atoms with Crippen LogP contribution in [0, 0.1) is 0 Å². The maximum Gasteiger partial charge on any atom is 0.408 e. The van der Waals surface area contributed by atoms with Gasteiger partial charge in [-0.15, -0.1) is 0 Å². The molecular formula is C28H30N2O6. The Hall–Kier alpha value is -4.20. The second-order valence-corrected chi connectivity index (χ2v) is 9.28. The summed E-state index contributed by atoms with van der Waals surface area (Å²) < 4.78 is 10.1. The highest BCUT2D eigenvalue weighted by Crippen LogP contribution is 2.17. The number of Topliss-reactive ketones (excluding diaryl/α,β-unsaturated/α-hetero) is 1. The Labute approximate surface area is 210 Å². The SMILES string of the molecule is COC(=O)C(NC(=O)[C@H](Cc1ccccc1)NC(=O)OC(C)(C)C)C(=O)c1ccc2ccccc2c1. The van der Waals surface area contributed by atoms with Crippen molar-refractivity contribution in [2.45, 2.75) is 44.9 Å². The van der Waals surface area contributed by atoms with Gasteiger partial charge >= 0.3 is 12.1 Å². The van der Waals surface area contributed by atoms with Crippen molar-refractivity contribution < 1.29 is 28.7 Å². The van der Waals surface area contributed by atoms with Crippen LogP contribution in [0.25, 0.3) is 10.8 Å². The van der Waals surface area contributed by atoms with Crippen LogP contribution in [0.4, 0.5) is 4.79 Å². The lowest BCUT2D eigenvalue weighted by atomic mass is 9.99. The van der Waals surface area contributed by atoms with Gasteiger partial charge in [0.2, 0.25) is 5.91 Å². The minimum absolute atomic E-state index is 0.115. The summed E-state index contributed by atoms with van der Waals surface area (Å²) in [6.07, 6.45) is -0.682. The summed E-state index contributed by atoms with van der Waals surface area (Å²) in [5.74, 6) is -2.27. The first-order valence-corrected chi connectivity index (χ1v) is 11.5. The molecule has 8 nitrogen and oxygen atoms in total. The fourth-order valence-electron chi connectivity index (χ4n) is 3.61. The minimum Gasteiger partial charge on any atom is -0.467 e. The Morgan fingerprint density at radius 3 is 2.11 bits per heavy atom. The smallest absolute Gasteiger partial charge is 0.408 e. The second-order valence-electron chi connectivity index (χ2n) is 9.28. The number of hydrogen-bond donors (Lipinski definition) is 2. The van der Waals surface area contributed by atoms with Crippen molar-refractivity contribution in [3.63, 3.8) is 0 Å². The molecule has 3 aromatic carbocycles. The van der Waals surface area contributed by atoms with Gasteiger partial charge in [0, 0.05) is 12.0 Å². The molecule has 3 aromatic rings. The van der Waals surface area contributed by atoms with E-state index in [4.69, 9.17) is 9.47 Å². The molecule has 0 aromatic heterocycles. The maximum absolute atomic E-state index is 13.3. The summed E-state index contributed by atoms with van der Waals surface area (Å²) in [4.78, 5) is 51.6. The normalized spacial score (nSPS) is 12.8. The van der Waals surface area contributed by atoms with Gasteiger partial charge in [0.25, 0.3) is 0 Å². The number of amides is 2. The van der Waals surface area contributed by atoms with Gasteiger partial charge in [0.05, 0.1) is 7.11 Å². The molecule has 1 unspecified atom stereocenters. The summed E-state index contributed by atoms with van der Waals surface area (Å²) in [6, 6.07) is 18.8. The molecule has 0 aliphatic rings.